The molecule has 10 aromatic rings. The van der Waals surface area contributed by atoms with Crippen LogP contribution < -0.4 is 0 Å². The molecule has 0 amide bonds. The van der Waals surface area contributed by atoms with Crippen LogP contribution in [0.1, 0.15) is 27.8 Å². The lowest BCUT2D eigenvalue weighted by molar-refractivity contribution is -0.137. The molecule has 0 bridgehead atoms. The average Bonchev–Trinajstić information content (AvgIpc) is 3.88. The fourth-order valence-corrected chi connectivity index (χ4v) is 9.35. The summed E-state index contributed by atoms with van der Waals surface area (Å²) in [6.07, 6.45) is -4.88. The second-order valence-electron chi connectivity index (χ2n) is 15.7. The first kappa shape index (κ1) is 41.6. The molecule has 0 unspecified atom stereocenters. The van der Waals surface area contributed by atoms with Crippen LogP contribution in [0.25, 0.3) is 103 Å². The number of benzene rings is 8. The minimum atomic E-state index is -4.88. The second-order valence-corrected chi connectivity index (χ2v) is 15.7. The quantitative estimate of drug-likeness (QED) is 0.160. The lowest BCUT2D eigenvalue weighted by Crippen LogP contribution is -2.11. The van der Waals surface area contributed by atoms with E-state index in [9.17, 15) is 21.0 Å². The summed E-state index contributed by atoms with van der Waals surface area (Å²) in [5.74, 6) is 0. The molecule has 0 aliphatic carbocycles. The molecule has 2 aromatic heterocycles. The molecule has 9 nitrogen and oxygen atoms in total. The van der Waals surface area contributed by atoms with Gasteiger partial charge in [0, 0.05) is 54.9 Å². The summed E-state index contributed by atoms with van der Waals surface area (Å²) in [7, 11) is 0. The summed E-state index contributed by atoms with van der Waals surface area (Å²) in [4.78, 5) is 10.7. The van der Waals surface area contributed by atoms with Gasteiger partial charge < -0.3 is 9.13 Å². The van der Waals surface area contributed by atoms with Crippen molar-refractivity contribution in [2.75, 3.05) is 0 Å². The first-order valence-electron chi connectivity index (χ1n) is 20.6. The third kappa shape index (κ3) is 6.42. The van der Waals surface area contributed by atoms with E-state index < -0.39 is 11.7 Å². The van der Waals surface area contributed by atoms with Crippen LogP contribution in [0, 0.1) is 65.0 Å². The number of fused-ring (bicyclic) bond motifs is 6. The van der Waals surface area contributed by atoms with Crippen molar-refractivity contribution in [3.63, 3.8) is 0 Å². The number of alkyl halides is 3. The van der Waals surface area contributed by atoms with E-state index in [1.165, 1.54) is 36.4 Å². The van der Waals surface area contributed by atoms with Gasteiger partial charge in [-0.05, 0) is 96.1 Å². The molecule has 0 aliphatic rings. The molecule has 0 saturated heterocycles. The van der Waals surface area contributed by atoms with Crippen molar-refractivity contribution < 1.29 is 13.2 Å². The van der Waals surface area contributed by atoms with Gasteiger partial charge in [0.05, 0.1) is 94.1 Å². The van der Waals surface area contributed by atoms with Crippen LogP contribution in [0.2, 0.25) is 0 Å². The Hall–Kier alpha value is -10.4. The molecular weight excluding hydrogens is 856 g/mol. The van der Waals surface area contributed by atoms with Crippen molar-refractivity contribution in [1.82, 2.24) is 9.13 Å². The molecule has 0 saturated carbocycles. The van der Waals surface area contributed by atoms with Gasteiger partial charge in [0.2, 0.25) is 0 Å². The number of rotatable bonds is 5. The van der Waals surface area contributed by atoms with E-state index in [1.807, 2.05) is 53.1 Å². The standard InChI is InChI=1S/C56H24F3N9/c1-64-38-24-37(31-63)54(46(27-38)66-3)35-16-19-49-41(26-35)39-9-4-6-12-47(39)67(49)51-18-15-32(28-60)22-43(51)55-44(56(57,58)59)11-8-14-52(55)68-48-13-7-5-10-40(48)42-25-34(17-20-50(42)68)53-36(30-62)21-33(29-61)23-45(53)65-2/h4-27H. The van der Waals surface area contributed by atoms with Crippen molar-refractivity contribution in [1.29, 1.82) is 21.0 Å². The Kier molecular flexibility index (Phi) is 9.77. The van der Waals surface area contributed by atoms with Gasteiger partial charge in [-0.2, -0.15) is 34.2 Å². The number of nitrogens with zero attached hydrogens (tertiary/aromatic N) is 9. The largest absolute Gasteiger partial charge is 0.417 e. The van der Waals surface area contributed by atoms with Gasteiger partial charge in [-0.1, -0.05) is 60.7 Å². The van der Waals surface area contributed by atoms with Gasteiger partial charge in [-0.15, -0.1) is 0 Å². The fraction of sp³-hybridized carbons (Fsp3) is 0.0179. The van der Waals surface area contributed by atoms with E-state index in [0.717, 1.165) is 11.5 Å². The molecule has 8 aromatic carbocycles. The van der Waals surface area contributed by atoms with E-state index in [1.54, 1.807) is 65.2 Å². The Morgan fingerprint density at radius 2 is 0.985 bits per heavy atom. The van der Waals surface area contributed by atoms with Crippen molar-refractivity contribution in [2.24, 2.45) is 0 Å². The third-order valence-corrected chi connectivity index (χ3v) is 12.1. The molecule has 0 N–H and O–H groups in total. The Morgan fingerprint density at radius 3 is 1.53 bits per heavy atom. The topological polar surface area (TPSA) is 118 Å². The summed E-state index contributed by atoms with van der Waals surface area (Å²) in [5, 5.41) is 42.9. The molecule has 314 valence electrons. The monoisotopic (exact) mass is 879 g/mol. The number of hydrogen-bond donors (Lipinski definition) is 0. The number of halogens is 3. The van der Waals surface area contributed by atoms with Crippen LogP contribution >= 0.6 is 0 Å². The normalized spacial score (nSPS) is 11.1. The maximum absolute atomic E-state index is 15.7. The zero-order valence-electron chi connectivity index (χ0n) is 35.0. The zero-order chi connectivity index (χ0) is 47.4. The average molecular weight is 880 g/mol. The lowest BCUT2D eigenvalue weighted by Gasteiger charge is -2.22. The van der Waals surface area contributed by atoms with Crippen LogP contribution in [0.3, 0.4) is 0 Å². The molecule has 2 heterocycles. The highest BCUT2D eigenvalue weighted by Crippen LogP contribution is 2.48. The number of nitriles is 4. The molecule has 0 radical (unpaired) electrons. The smallest absolute Gasteiger partial charge is 0.309 e. The maximum Gasteiger partial charge on any atom is 0.417 e. The predicted octanol–water partition coefficient (Wildman–Crippen LogP) is 15.0. The minimum Gasteiger partial charge on any atom is -0.309 e. The van der Waals surface area contributed by atoms with Crippen LogP contribution in [0.4, 0.5) is 30.2 Å². The Morgan fingerprint density at radius 1 is 0.441 bits per heavy atom. The van der Waals surface area contributed by atoms with Gasteiger partial charge >= 0.3 is 6.18 Å². The maximum atomic E-state index is 15.7. The van der Waals surface area contributed by atoms with Crippen molar-refractivity contribution in [3.8, 4) is 69.0 Å². The van der Waals surface area contributed by atoms with Crippen LogP contribution in [0.15, 0.2) is 146 Å². The fourth-order valence-electron chi connectivity index (χ4n) is 9.35. The summed E-state index contributed by atoms with van der Waals surface area (Å²) in [6, 6.07) is 47.9. The Balaban J connectivity index is 1.27. The van der Waals surface area contributed by atoms with E-state index in [4.69, 9.17) is 19.7 Å². The van der Waals surface area contributed by atoms with Gasteiger partial charge in [-0.3, -0.25) is 0 Å². The summed E-state index contributed by atoms with van der Waals surface area (Å²) in [5.41, 5.74) is 4.41. The minimum absolute atomic E-state index is 0.102. The molecule has 68 heavy (non-hydrogen) atoms. The highest BCUT2D eigenvalue weighted by Gasteiger charge is 2.37. The molecule has 10 rings (SSSR count). The van der Waals surface area contributed by atoms with Crippen LogP contribution in [-0.4, -0.2) is 9.13 Å². The molecular formula is C56H24F3N9. The Bertz CT molecular complexity index is 4110. The highest BCUT2D eigenvalue weighted by atomic mass is 19.4. The van der Waals surface area contributed by atoms with E-state index in [0.29, 0.717) is 66.2 Å². The van der Waals surface area contributed by atoms with Gasteiger partial charge in [0.1, 0.15) is 0 Å². The van der Waals surface area contributed by atoms with Crippen molar-refractivity contribution >= 4 is 60.7 Å². The molecule has 0 spiro atoms. The number of aromatic nitrogens is 2. The highest BCUT2D eigenvalue weighted by molar-refractivity contribution is 6.13. The molecule has 0 aliphatic heterocycles. The predicted molar refractivity (Wildman–Crippen MR) is 254 cm³/mol. The molecule has 0 fully saturated rings. The molecule has 0 atom stereocenters. The number of hydrogen-bond acceptors (Lipinski definition) is 4. The zero-order valence-corrected chi connectivity index (χ0v) is 35.0. The van der Waals surface area contributed by atoms with Crippen molar-refractivity contribution in [3.05, 3.63) is 208 Å². The first-order chi connectivity index (χ1) is 33.0. The Labute approximate surface area is 385 Å². The summed E-state index contributed by atoms with van der Waals surface area (Å²) >= 11 is 0. The summed E-state index contributed by atoms with van der Waals surface area (Å²) < 4.78 is 50.8. The van der Waals surface area contributed by atoms with E-state index >= 15 is 13.2 Å². The van der Waals surface area contributed by atoms with Crippen LogP contribution in [-0.2, 0) is 6.18 Å². The SMILES string of the molecule is [C-]#[N+]c1cc(C#N)c(-c2ccc3c(c2)c2ccccc2n3-c2ccc(C#N)cc2-c2c(-n3c4ccccc4c4cc(-c5c(C#N)cc(C#N)cc5[N+]#[C-])ccc43)cccc2C(F)(F)F)c([N+]#[C-])c1. The van der Waals surface area contributed by atoms with E-state index in [-0.39, 0.29) is 56.1 Å². The summed E-state index contributed by atoms with van der Waals surface area (Å²) in [6.45, 7) is 23.3. The first-order valence-corrected chi connectivity index (χ1v) is 20.6. The third-order valence-electron chi connectivity index (χ3n) is 12.1. The second kappa shape index (κ2) is 16.0. The number of para-hydroxylation sites is 2. The van der Waals surface area contributed by atoms with Gasteiger partial charge in [-0.25, -0.2) is 14.5 Å². The lowest BCUT2D eigenvalue weighted by atomic mass is 9.93. The van der Waals surface area contributed by atoms with Gasteiger partial charge in [0.15, 0.2) is 17.1 Å². The van der Waals surface area contributed by atoms with Gasteiger partial charge in [0.25, 0.3) is 0 Å². The van der Waals surface area contributed by atoms with Crippen LogP contribution in [0.5, 0.6) is 0 Å². The molecule has 12 heteroatoms. The van der Waals surface area contributed by atoms with Crippen molar-refractivity contribution in [2.45, 2.75) is 6.18 Å². The van der Waals surface area contributed by atoms with E-state index in [2.05, 4.69) is 32.7 Å².